The van der Waals surface area contributed by atoms with Gasteiger partial charge in [0, 0.05) is 34.7 Å². The van der Waals surface area contributed by atoms with Crippen LogP contribution in [-0.4, -0.2) is 38.5 Å². The van der Waals surface area contributed by atoms with Crippen molar-refractivity contribution in [1.29, 1.82) is 0 Å². The van der Waals surface area contributed by atoms with Gasteiger partial charge < -0.3 is 15.0 Å². The summed E-state index contributed by atoms with van der Waals surface area (Å²) >= 11 is 0. The third kappa shape index (κ3) is 5.01. The molecule has 0 aliphatic rings. The van der Waals surface area contributed by atoms with E-state index >= 15 is 0 Å². The van der Waals surface area contributed by atoms with Gasteiger partial charge in [0.2, 0.25) is 10.0 Å². The van der Waals surface area contributed by atoms with Crippen LogP contribution in [0.2, 0.25) is 0 Å². The maximum atomic E-state index is 12.8. The molecule has 1 amide bonds. The summed E-state index contributed by atoms with van der Waals surface area (Å²) in [6.45, 7) is 5.67. The second-order valence-corrected chi connectivity index (χ2v) is 9.74. The van der Waals surface area contributed by atoms with Crippen LogP contribution in [0, 0.1) is 0 Å². The molecule has 8 heteroatoms. The Morgan fingerprint density at radius 3 is 2.57 bits per heavy atom. The van der Waals surface area contributed by atoms with Crippen molar-refractivity contribution >= 4 is 26.8 Å². The number of methoxy groups -OCH3 is 1. The molecule has 0 saturated carbocycles. The van der Waals surface area contributed by atoms with Crippen LogP contribution in [0.5, 0.6) is 5.75 Å². The molecule has 1 aromatic heterocycles. The molecule has 7 nitrogen and oxygen atoms in total. The van der Waals surface area contributed by atoms with Gasteiger partial charge in [0.1, 0.15) is 10.6 Å². The monoisotopic (exact) mass is 429 g/mol. The summed E-state index contributed by atoms with van der Waals surface area (Å²) in [4.78, 5) is 15.8. The van der Waals surface area contributed by atoms with Gasteiger partial charge in [-0.05, 0) is 57.0 Å². The average molecular weight is 430 g/mol. The first-order valence-corrected chi connectivity index (χ1v) is 11.1. The molecule has 0 fully saturated rings. The summed E-state index contributed by atoms with van der Waals surface area (Å²) in [5.41, 5.74) is 1.75. The molecule has 30 heavy (non-hydrogen) atoms. The fourth-order valence-electron chi connectivity index (χ4n) is 3.24. The Labute approximate surface area is 176 Å². The quantitative estimate of drug-likeness (QED) is 0.537. The molecule has 0 atom stereocenters. The van der Waals surface area contributed by atoms with Crippen molar-refractivity contribution in [3.05, 3.63) is 59.8 Å². The van der Waals surface area contributed by atoms with Crippen molar-refractivity contribution in [2.45, 2.75) is 37.6 Å². The van der Waals surface area contributed by atoms with E-state index in [-0.39, 0.29) is 22.1 Å². The SMILES string of the molecule is COc1ccc(C(=O)NCCc2c[nH]c3ccccc23)cc1S(=O)(=O)NC(C)(C)C. The molecule has 0 bridgehead atoms. The Balaban J connectivity index is 1.74. The highest BCUT2D eigenvalue weighted by atomic mass is 32.2. The second-order valence-electron chi connectivity index (χ2n) is 8.09. The standard InChI is InChI=1S/C22H27N3O4S/c1-22(2,3)25-30(27,28)20-13-15(9-10-19(20)29-4)21(26)23-12-11-16-14-24-18-8-6-5-7-17(16)18/h5-10,13-14,24-25H,11-12H2,1-4H3,(H,23,26). The molecule has 0 spiro atoms. The van der Waals surface area contributed by atoms with Crippen LogP contribution in [0.4, 0.5) is 0 Å². The van der Waals surface area contributed by atoms with Gasteiger partial charge in [-0.25, -0.2) is 13.1 Å². The number of amides is 1. The van der Waals surface area contributed by atoms with Gasteiger partial charge in [0.25, 0.3) is 5.91 Å². The Kier molecular flexibility index (Phi) is 6.19. The lowest BCUT2D eigenvalue weighted by molar-refractivity contribution is 0.0954. The number of fused-ring (bicyclic) bond motifs is 1. The fourth-order valence-corrected chi connectivity index (χ4v) is 4.85. The first-order valence-electron chi connectivity index (χ1n) is 9.66. The number of para-hydroxylation sites is 1. The van der Waals surface area contributed by atoms with Crippen LogP contribution in [0.15, 0.2) is 53.6 Å². The van der Waals surface area contributed by atoms with E-state index in [1.807, 2.05) is 30.5 Å². The molecule has 0 radical (unpaired) electrons. The number of sulfonamides is 1. The summed E-state index contributed by atoms with van der Waals surface area (Å²) in [6, 6.07) is 12.4. The van der Waals surface area contributed by atoms with Crippen LogP contribution in [0.25, 0.3) is 10.9 Å². The minimum absolute atomic E-state index is 0.0656. The molecule has 3 aromatic rings. The molecule has 3 N–H and O–H groups in total. The zero-order valence-electron chi connectivity index (χ0n) is 17.6. The highest BCUT2D eigenvalue weighted by molar-refractivity contribution is 7.89. The topological polar surface area (TPSA) is 100 Å². The Bertz CT molecular complexity index is 1160. The predicted molar refractivity (Wildman–Crippen MR) is 117 cm³/mol. The lowest BCUT2D eigenvalue weighted by Crippen LogP contribution is -2.40. The van der Waals surface area contributed by atoms with E-state index in [0.717, 1.165) is 16.5 Å². The number of hydrogen-bond donors (Lipinski definition) is 3. The summed E-state index contributed by atoms with van der Waals surface area (Å²) in [7, 11) is -2.46. The van der Waals surface area contributed by atoms with Crippen molar-refractivity contribution in [3.8, 4) is 5.75 Å². The van der Waals surface area contributed by atoms with Gasteiger partial charge >= 0.3 is 0 Å². The van der Waals surface area contributed by atoms with Crippen molar-refractivity contribution in [3.63, 3.8) is 0 Å². The number of hydrogen-bond acceptors (Lipinski definition) is 4. The lowest BCUT2D eigenvalue weighted by Gasteiger charge is -2.21. The smallest absolute Gasteiger partial charge is 0.251 e. The molecule has 0 aliphatic carbocycles. The Morgan fingerprint density at radius 2 is 1.87 bits per heavy atom. The van der Waals surface area contributed by atoms with E-state index < -0.39 is 15.6 Å². The first-order chi connectivity index (χ1) is 14.1. The zero-order valence-corrected chi connectivity index (χ0v) is 18.4. The number of benzene rings is 2. The molecule has 2 aromatic carbocycles. The van der Waals surface area contributed by atoms with Crippen LogP contribution in [-0.2, 0) is 16.4 Å². The number of carbonyl (C=O) groups excluding carboxylic acids is 1. The van der Waals surface area contributed by atoms with Gasteiger partial charge in [0.05, 0.1) is 7.11 Å². The first kappa shape index (κ1) is 21.9. The van der Waals surface area contributed by atoms with Crippen LogP contribution in [0.3, 0.4) is 0 Å². The number of aromatic nitrogens is 1. The second kappa shape index (κ2) is 8.49. The van der Waals surface area contributed by atoms with E-state index in [9.17, 15) is 13.2 Å². The van der Waals surface area contributed by atoms with Gasteiger partial charge in [-0.15, -0.1) is 0 Å². The van der Waals surface area contributed by atoms with E-state index in [1.165, 1.54) is 19.2 Å². The maximum Gasteiger partial charge on any atom is 0.251 e. The molecular weight excluding hydrogens is 402 g/mol. The minimum atomic E-state index is -3.86. The van der Waals surface area contributed by atoms with Gasteiger partial charge in [-0.3, -0.25) is 4.79 Å². The van der Waals surface area contributed by atoms with Crippen LogP contribution in [0.1, 0.15) is 36.7 Å². The number of carbonyl (C=O) groups is 1. The lowest BCUT2D eigenvalue weighted by atomic mass is 10.1. The van der Waals surface area contributed by atoms with Gasteiger partial charge in [-0.1, -0.05) is 18.2 Å². The van der Waals surface area contributed by atoms with E-state index in [4.69, 9.17) is 4.74 Å². The number of H-pyrrole nitrogens is 1. The summed E-state index contributed by atoms with van der Waals surface area (Å²) in [6.07, 6.45) is 2.59. The molecule has 3 rings (SSSR count). The van der Waals surface area contributed by atoms with Crippen LogP contribution >= 0.6 is 0 Å². The third-order valence-corrected chi connectivity index (χ3v) is 6.29. The van der Waals surface area contributed by atoms with E-state index in [0.29, 0.717) is 13.0 Å². The van der Waals surface area contributed by atoms with Crippen LogP contribution < -0.4 is 14.8 Å². The van der Waals surface area contributed by atoms with E-state index in [2.05, 4.69) is 15.0 Å². The largest absolute Gasteiger partial charge is 0.495 e. The van der Waals surface area contributed by atoms with Gasteiger partial charge in [0.15, 0.2) is 0 Å². The minimum Gasteiger partial charge on any atom is -0.495 e. The maximum absolute atomic E-state index is 12.8. The van der Waals surface area contributed by atoms with E-state index in [1.54, 1.807) is 26.8 Å². The molecule has 0 unspecified atom stereocenters. The fraction of sp³-hybridized carbons (Fsp3) is 0.318. The highest BCUT2D eigenvalue weighted by Crippen LogP contribution is 2.26. The van der Waals surface area contributed by atoms with Crippen molar-refractivity contribution < 1.29 is 17.9 Å². The predicted octanol–water partition coefficient (Wildman–Crippen LogP) is 3.23. The van der Waals surface area contributed by atoms with Gasteiger partial charge in [-0.2, -0.15) is 0 Å². The Hall–Kier alpha value is -2.84. The third-order valence-electron chi connectivity index (χ3n) is 4.51. The zero-order chi connectivity index (χ0) is 21.9. The summed E-state index contributed by atoms with van der Waals surface area (Å²) in [5, 5.41) is 3.98. The van der Waals surface area contributed by atoms with Crippen molar-refractivity contribution in [1.82, 2.24) is 15.0 Å². The number of rotatable bonds is 7. The molecule has 0 saturated heterocycles. The molecule has 160 valence electrons. The summed E-state index contributed by atoms with van der Waals surface area (Å²) < 4.78 is 33.3. The number of ether oxygens (including phenoxy) is 1. The highest BCUT2D eigenvalue weighted by Gasteiger charge is 2.26. The molecule has 0 aliphatic heterocycles. The normalized spacial score (nSPS) is 12.1. The van der Waals surface area contributed by atoms with Crippen molar-refractivity contribution in [2.24, 2.45) is 0 Å². The average Bonchev–Trinajstić information content (AvgIpc) is 3.09. The number of nitrogens with one attached hydrogen (secondary N) is 3. The summed E-state index contributed by atoms with van der Waals surface area (Å²) in [5.74, 6) is -0.160. The molecule has 1 heterocycles. The molecular formula is C22H27N3O4S. The Morgan fingerprint density at radius 1 is 1.13 bits per heavy atom. The van der Waals surface area contributed by atoms with Crippen molar-refractivity contribution in [2.75, 3.05) is 13.7 Å². The number of aromatic amines is 1.